The molecule has 5 rings (SSSR count). The zero-order chi connectivity index (χ0) is 27.5. The first-order valence-electron chi connectivity index (χ1n) is 13.1. The second kappa shape index (κ2) is 11.7. The Morgan fingerprint density at radius 1 is 1.05 bits per heavy atom. The predicted octanol–water partition coefficient (Wildman–Crippen LogP) is 3.43. The lowest BCUT2D eigenvalue weighted by Crippen LogP contribution is -2.38. The lowest BCUT2D eigenvalue weighted by atomic mass is 9.92. The van der Waals surface area contributed by atoms with E-state index in [-0.39, 0.29) is 18.2 Å². The summed E-state index contributed by atoms with van der Waals surface area (Å²) in [4.78, 5) is 17.1. The Hall–Kier alpha value is -3.45. The van der Waals surface area contributed by atoms with Crippen LogP contribution in [0.25, 0.3) is 0 Å². The first-order chi connectivity index (χ1) is 18.8. The summed E-state index contributed by atoms with van der Waals surface area (Å²) in [5.74, 6) is -1.84. The molecule has 3 aromatic rings. The van der Waals surface area contributed by atoms with E-state index in [1.165, 1.54) is 0 Å². The van der Waals surface area contributed by atoms with E-state index in [1.807, 2.05) is 13.8 Å². The number of hydrogen-bond donors (Lipinski definition) is 1. The van der Waals surface area contributed by atoms with Crippen LogP contribution in [-0.4, -0.2) is 65.0 Å². The topological polar surface area (TPSA) is 116 Å². The van der Waals surface area contributed by atoms with E-state index in [4.69, 9.17) is 19.7 Å². The lowest BCUT2D eigenvalue weighted by molar-refractivity contribution is 0.126. The molecule has 0 radical (unpaired) electrons. The Balaban J connectivity index is 1.13. The van der Waals surface area contributed by atoms with Crippen LogP contribution in [0.15, 0.2) is 29.0 Å². The van der Waals surface area contributed by atoms with Gasteiger partial charge in [-0.05, 0) is 44.2 Å². The molecule has 0 aliphatic carbocycles. The molecule has 210 valence electrons. The van der Waals surface area contributed by atoms with Crippen LogP contribution in [0, 0.1) is 23.4 Å². The summed E-state index contributed by atoms with van der Waals surface area (Å²) in [5.41, 5.74) is 6.26. The average Bonchev–Trinajstić information content (AvgIpc) is 3.57. The molecule has 1 aromatic carbocycles. The highest BCUT2D eigenvalue weighted by atomic mass is 19.2. The summed E-state index contributed by atoms with van der Waals surface area (Å²) in [5, 5.41) is 3.96. The van der Waals surface area contributed by atoms with Gasteiger partial charge in [-0.15, -0.1) is 0 Å². The van der Waals surface area contributed by atoms with Gasteiger partial charge in [-0.2, -0.15) is 4.98 Å². The van der Waals surface area contributed by atoms with Crippen molar-refractivity contribution in [1.82, 2.24) is 20.1 Å². The molecule has 2 N–H and O–H groups in total. The third kappa shape index (κ3) is 6.09. The number of aromatic nitrogens is 4. The number of benzene rings is 1. The van der Waals surface area contributed by atoms with Crippen molar-refractivity contribution in [2.45, 2.75) is 51.4 Å². The molecule has 2 aromatic heterocycles. The largest absolute Gasteiger partial charge is 0.487 e. The Morgan fingerprint density at radius 2 is 1.77 bits per heavy atom. The van der Waals surface area contributed by atoms with Crippen LogP contribution in [0.2, 0.25) is 0 Å². The summed E-state index contributed by atoms with van der Waals surface area (Å²) >= 11 is 0. The number of hydrogen-bond acceptors (Lipinski definition) is 10. The molecule has 0 amide bonds. The molecular weight excluding hydrogens is 515 g/mol. The lowest BCUT2D eigenvalue weighted by Gasteiger charge is -2.33. The van der Waals surface area contributed by atoms with Crippen molar-refractivity contribution in [1.29, 1.82) is 0 Å². The van der Waals surface area contributed by atoms with Gasteiger partial charge in [0, 0.05) is 50.8 Å². The second-order valence-electron chi connectivity index (χ2n) is 9.96. The van der Waals surface area contributed by atoms with E-state index in [1.54, 1.807) is 17.3 Å². The first kappa shape index (κ1) is 27.1. The highest BCUT2D eigenvalue weighted by Gasteiger charge is 2.35. The van der Waals surface area contributed by atoms with Crippen molar-refractivity contribution in [3.63, 3.8) is 0 Å². The molecule has 13 heteroatoms. The minimum Gasteiger partial charge on any atom is -0.487 e. The van der Waals surface area contributed by atoms with E-state index in [2.05, 4.69) is 25.0 Å². The fraction of sp³-hybridized carbons (Fsp3) is 0.538. The number of nitrogens with two attached hydrogens (primary N) is 1. The third-order valence-electron chi connectivity index (χ3n) is 7.39. The summed E-state index contributed by atoms with van der Waals surface area (Å²) in [6.07, 6.45) is 4.94. The van der Waals surface area contributed by atoms with Crippen molar-refractivity contribution in [3.8, 4) is 5.75 Å². The highest BCUT2D eigenvalue weighted by Crippen LogP contribution is 2.32. The molecule has 0 spiro atoms. The Morgan fingerprint density at radius 3 is 2.49 bits per heavy atom. The Labute approximate surface area is 224 Å². The molecule has 39 heavy (non-hydrogen) atoms. The monoisotopic (exact) mass is 547 g/mol. The molecule has 1 unspecified atom stereocenters. The number of anilines is 2. The van der Waals surface area contributed by atoms with Crippen LogP contribution in [0.3, 0.4) is 0 Å². The van der Waals surface area contributed by atoms with E-state index in [0.717, 1.165) is 32.0 Å². The van der Waals surface area contributed by atoms with Crippen molar-refractivity contribution < 1.29 is 27.2 Å². The molecule has 0 bridgehead atoms. The molecule has 2 fully saturated rings. The van der Waals surface area contributed by atoms with Gasteiger partial charge in [-0.25, -0.2) is 23.1 Å². The number of piperidine rings is 1. The van der Waals surface area contributed by atoms with E-state index in [0.29, 0.717) is 55.3 Å². The molecule has 0 saturated carbocycles. The van der Waals surface area contributed by atoms with Gasteiger partial charge in [0.25, 0.3) is 0 Å². The number of halogens is 3. The third-order valence-corrected chi connectivity index (χ3v) is 7.39. The maximum absolute atomic E-state index is 14.3. The van der Waals surface area contributed by atoms with E-state index < -0.39 is 29.4 Å². The van der Waals surface area contributed by atoms with Crippen LogP contribution in [0.5, 0.6) is 5.75 Å². The molecule has 2 aliphatic heterocycles. The first-order valence-corrected chi connectivity index (χ1v) is 13.1. The SMILES string of the molecule is CCOCc1noc(N2CCC([C@H](C)Oc3cnc(N4CC(N)[C@@H](c5cc(F)c(F)cc5F)C4)nc3)CC2)n1. The van der Waals surface area contributed by atoms with E-state index >= 15 is 0 Å². The predicted molar refractivity (Wildman–Crippen MR) is 136 cm³/mol. The number of ether oxygens (including phenoxy) is 2. The quantitative estimate of drug-likeness (QED) is 0.400. The minimum absolute atomic E-state index is 0.0498. The summed E-state index contributed by atoms with van der Waals surface area (Å²) in [6.45, 7) is 7.06. The molecule has 2 aliphatic rings. The van der Waals surface area contributed by atoms with Gasteiger partial charge in [0.05, 0.1) is 18.5 Å². The van der Waals surface area contributed by atoms with Gasteiger partial charge < -0.3 is 29.5 Å². The molecule has 4 heterocycles. The summed E-state index contributed by atoms with van der Waals surface area (Å²) in [7, 11) is 0. The van der Waals surface area contributed by atoms with Gasteiger partial charge in [0.1, 0.15) is 12.4 Å². The van der Waals surface area contributed by atoms with Gasteiger partial charge in [0.2, 0.25) is 5.95 Å². The van der Waals surface area contributed by atoms with Crippen molar-refractivity contribution >= 4 is 12.0 Å². The van der Waals surface area contributed by atoms with Crippen molar-refractivity contribution in [2.75, 3.05) is 42.6 Å². The normalized spacial score (nSPS) is 21.0. The number of nitrogens with zero attached hydrogens (tertiary/aromatic N) is 6. The standard InChI is InChI=1S/C26H32F3N7O3/c1-3-37-14-24-33-26(39-34-24)35-6-4-16(5-7-35)15(2)38-17-10-31-25(32-11-17)36-12-19(23(30)13-36)18-8-21(28)22(29)9-20(18)27/h8-11,15-16,19,23H,3-7,12-14,30H2,1-2H3/t15-,19+,23?/m0/s1. The maximum Gasteiger partial charge on any atom is 0.324 e. The fourth-order valence-electron chi connectivity index (χ4n) is 5.17. The summed E-state index contributed by atoms with van der Waals surface area (Å²) in [6, 6.07) is 1.46. The number of rotatable bonds is 9. The van der Waals surface area contributed by atoms with Crippen molar-refractivity contribution in [2.24, 2.45) is 11.7 Å². The minimum atomic E-state index is -1.22. The van der Waals surface area contributed by atoms with Crippen molar-refractivity contribution in [3.05, 3.63) is 53.4 Å². The zero-order valence-corrected chi connectivity index (χ0v) is 21.9. The maximum atomic E-state index is 14.3. The highest BCUT2D eigenvalue weighted by molar-refractivity contribution is 5.39. The van der Waals surface area contributed by atoms with E-state index in [9.17, 15) is 13.2 Å². The zero-order valence-electron chi connectivity index (χ0n) is 21.9. The molecular formula is C26H32F3N7O3. The van der Waals surface area contributed by atoms with Crippen LogP contribution in [0.1, 0.15) is 44.0 Å². The smallest absolute Gasteiger partial charge is 0.324 e. The van der Waals surface area contributed by atoms with Crippen LogP contribution >= 0.6 is 0 Å². The summed E-state index contributed by atoms with van der Waals surface area (Å²) < 4.78 is 58.2. The molecule has 3 atom stereocenters. The van der Waals surface area contributed by atoms with Gasteiger partial charge >= 0.3 is 6.01 Å². The molecule has 2 saturated heterocycles. The van der Waals surface area contributed by atoms with Crippen LogP contribution in [0.4, 0.5) is 25.1 Å². The second-order valence-corrected chi connectivity index (χ2v) is 9.96. The van der Waals surface area contributed by atoms with Gasteiger partial charge in [-0.3, -0.25) is 0 Å². The van der Waals surface area contributed by atoms with Crippen LogP contribution in [-0.2, 0) is 11.3 Å². The fourth-order valence-corrected chi connectivity index (χ4v) is 5.17. The Kier molecular flexibility index (Phi) is 8.17. The van der Waals surface area contributed by atoms with Gasteiger partial charge in [0.15, 0.2) is 23.2 Å². The molecule has 10 nitrogen and oxygen atoms in total. The van der Waals surface area contributed by atoms with Gasteiger partial charge in [-0.1, -0.05) is 5.16 Å². The Bertz CT molecular complexity index is 1250. The average molecular weight is 548 g/mol. The van der Waals surface area contributed by atoms with Crippen LogP contribution < -0.4 is 20.3 Å².